The SMILES string of the molecule is C=Cc1c(/N=C\C)cccc1C(=O)N[C@H]1CC[C@H](CCN2CCc3sc(OC4CC(F)(F)C4)nc3C2)CC1. The van der Waals surface area contributed by atoms with E-state index in [0.29, 0.717) is 16.7 Å². The molecular weight excluding hydrogens is 506 g/mol. The zero-order valence-corrected chi connectivity index (χ0v) is 22.7. The molecule has 0 radical (unpaired) electrons. The molecule has 5 rings (SSSR count). The topological polar surface area (TPSA) is 66.8 Å². The van der Waals surface area contributed by atoms with Crippen LogP contribution in [0, 0.1) is 5.92 Å². The number of carbonyl (C=O) groups is 1. The summed E-state index contributed by atoms with van der Waals surface area (Å²) in [5.74, 6) is -1.98. The number of aromatic nitrogens is 1. The molecule has 2 aromatic rings. The quantitative estimate of drug-likeness (QED) is 0.371. The van der Waals surface area contributed by atoms with E-state index in [2.05, 4.69) is 26.8 Å². The van der Waals surface area contributed by atoms with Crippen molar-refractivity contribution in [3.05, 3.63) is 46.5 Å². The molecule has 0 spiro atoms. The number of thiazole rings is 1. The van der Waals surface area contributed by atoms with Crippen molar-refractivity contribution in [1.82, 2.24) is 15.2 Å². The predicted molar refractivity (Wildman–Crippen MR) is 148 cm³/mol. The Morgan fingerprint density at radius 1 is 1.32 bits per heavy atom. The second-order valence-electron chi connectivity index (χ2n) is 10.7. The zero-order chi connectivity index (χ0) is 26.7. The number of amides is 1. The Bertz CT molecular complexity index is 1180. The lowest BCUT2D eigenvalue weighted by Crippen LogP contribution is -2.43. The van der Waals surface area contributed by atoms with Crippen molar-refractivity contribution in [2.24, 2.45) is 10.9 Å². The van der Waals surface area contributed by atoms with Crippen LogP contribution >= 0.6 is 11.3 Å². The molecule has 1 N–H and O–H groups in total. The Morgan fingerprint density at radius 3 is 2.82 bits per heavy atom. The molecule has 2 heterocycles. The van der Waals surface area contributed by atoms with Gasteiger partial charge in [0, 0.05) is 54.2 Å². The van der Waals surface area contributed by atoms with E-state index < -0.39 is 12.0 Å². The first-order chi connectivity index (χ1) is 18.3. The molecule has 1 aromatic heterocycles. The Labute approximate surface area is 227 Å². The lowest BCUT2D eigenvalue weighted by atomic mass is 9.84. The molecule has 3 aliphatic rings. The summed E-state index contributed by atoms with van der Waals surface area (Å²) in [4.78, 5) is 25.6. The fraction of sp³-hybridized carbons (Fsp3) is 0.552. The van der Waals surface area contributed by atoms with Crippen molar-refractivity contribution in [2.45, 2.75) is 82.9 Å². The number of rotatable bonds is 9. The first kappa shape index (κ1) is 26.9. The molecule has 2 aliphatic carbocycles. The number of fused-ring (bicyclic) bond motifs is 1. The first-order valence-electron chi connectivity index (χ1n) is 13.6. The highest BCUT2D eigenvalue weighted by molar-refractivity contribution is 7.13. The predicted octanol–water partition coefficient (Wildman–Crippen LogP) is 6.42. The molecule has 0 saturated heterocycles. The summed E-state index contributed by atoms with van der Waals surface area (Å²) < 4.78 is 31.9. The van der Waals surface area contributed by atoms with Gasteiger partial charge in [0.25, 0.3) is 17.0 Å². The van der Waals surface area contributed by atoms with Gasteiger partial charge < -0.3 is 10.1 Å². The van der Waals surface area contributed by atoms with Gasteiger partial charge in [-0.05, 0) is 70.0 Å². The van der Waals surface area contributed by atoms with Gasteiger partial charge in [-0.1, -0.05) is 30.1 Å². The summed E-state index contributed by atoms with van der Waals surface area (Å²) in [6.45, 7) is 8.55. The van der Waals surface area contributed by atoms with Gasteiger partial charge in [0.1, 0.15) is 6.10 Å². The van der Waals surface area contributed by atoms with Crippen LogP contribution in [0.15, 0.2) is 29.8 Å². The average molecular weight is 543 g/mol. The van der Waals surface area contributed by atoms with Gasteiger partial charge in [0.05, 0.1) is 11.4 Å². The molecule has 204 valence electrons. The summed E-state index contributed by atoms with van der Waals surface area (Å²) in [7, 11) is 0. The van der Waals surface area contributed by atoms with Gasteiger partial charge in [0.2, 0.25) is 0 Å². The van der Waals surface area contributed by atoms with Crippen molar-refractivity contribution in [2.75, 3.05) is 13.1 Å². The Hall–Kier alpha value is -2.65. The van der Waals surface area contributed by atoms with Crippen LogP contribution in [0.5, 0.6) is 5.19 Å². The number of halogens is 2. The molecule has 1 aliphatic heterocycles. The van der Waals surface area contributed by atoms with Gasteiger partial charge in [-0.25, -0.2) is 13.8 Å². The maximum atomic E-state index is 13.1. The van der Waals surface area contributed by atoms with Crippen molar-refractivity contribution in [3.8, 4) is 5.19 Å². The van der Waals surface area contributed by atoms with Gasteiger partial charge in [0.15, 0.2) is 0 Å². The molecule has 1 aromatic carbocycles. The first-order valence-corrected chi connectivity index (χ1v) is 14.5. The third kappa shape index (κ3) is 6.31. The molecule has 0 bridgehead atoms. The van der Waals surface area contributed by atoms with Crippen molar-refractivity contribution >= 4 is 35.2 Å². The van der Waals surface area contributed by atoms with Crippen LogP contribution in [0.3, 0.4) is 0 Å². The van der Waals surface area contributed by atoms with Gasteiger partial charge in [-0.2, -0.15) is 0 Å². The second kappa shape index (κ2) is 11.6. The third-order valence-corrected chi connectivity index (χ3v) is 8.99. The molecule has 0 unspecified atom stereocenters. The van der Waals surface area contributed by atoms with Crippen molar-refractivity contribution < 1.29 is 18.3 Å². The monoisotopic (exact) mass is 542 g/mol. The Kier molecular flexibility index (Phi) is 8.23. The number of hydrogen-bond donors (Lipinski definition) is 1. The number of aliphatic imine (C=N–C) groups is 1. The van der Waals surface area contributed by atoms with Crippen molar-refractivity contribution in [3.63, 3.8) is 0 Å². The molecule has 2 saturated carbocycles. The lowest BCUT2D eigenvalue weighted by Gasteiger charge is -2.33. The highest BCUT2D eigenvalue weighted by atomic mass is 32.1. The second-order valence-corrected chi connectivity index (χ2v) is 11.7. The number of carbonyl (C=O) groups excluding carboxylic acids is 1. The van der Waals surface area contributed by atoms with Crippen LogP contribution < -0.4 is 10.1 Å². The van der Waals surface area contributed by atoms with Crippen LogP contribution in [0.1, 0.15) is 78.4 Å². The van der Waals surface area contributed by atoms with E-state index in [9.17, 15) is 13.6 Å². The van der Waals surface area contributed by atoms with E-state index in [1.807, 2.05) is 25.1 Å². The van der Waals surface area contributed by atoms with E-state index in [-0.39, 0.29) is 24.8 Å². The molecule has 9 heteroatoms. The van der Waals surface area contributed by atoms with E-state index in [0.717, 1.165) is 75.1 Å². The smallest absolute Gasteiger partial charge is 0.273 e. The Morgan fingerprint density at radius 2 is 2.11 bits per heavy atom. The summed E-state index contributed by atoms with van der Waals surface area (Å²) in [6, 6.07) is 5.78. The van der Waals surface area contributed by atoms with Crippen LogP contribution in [0.25, 0.3) is 6.08 Å². The van der Waals surface area contributed by atoms with Crippen LogP contribution in [0.4, 0.5) is 14.5 Å². The minimum Gasteiger partial charge on any atom is -0.466 e. The van der Waals surface area contributed by atoms with Crippen LogP contribution in [0.2, 0.25) is 0 Å². The molecule has 0 atom stereocenters. The number of ether oxygens (including phenoxy) is 1. The number of alkyl halides is 2. The number of nitrogens with zero attached hydrogens (tertiary/aromatic N) is 3. The highest BCUT2D eigenvalue weighted by Crippen LogP contribution is 2.41. The van der Waals surface area contributed by atoms with Gasteiger partial charge in [-0.3, -0.25) is 14.7 Å². The maximum Gasteiger partial charge on any atom is 0.273 e. The lowest BCUT2D eigenvalue weighted by molar-refractivity contribution is -0.134. The summed E-state index contributed by atoms with van der Waals surface area (Å²) in [5.41, 5.74) is 3.19. The Balaban J connectivity index is 1.05. The fourth-order valence-electron chi connectivity index (χ4n) is 5.74. The fourth-order valence-corrected chi connectivity index (χ4v) is 6.72. The molecule has 1 amide bonds. The van der Waals surface area contributed by atoms with Crippen molar-refractivity contribution in [1.29, 1.82) is 0 Å². The van der Waals surface area contributed by atoms with E-state index >= 15 is 0 Å². The molecular formula is C29H36F2N4O2S. The summed E-state index contributed by atoms with van der Waals surface area (Å²) >= 11 is 1.52. The highest BCUT2D eigenvalue weighted by Gasteiger charge is 2.47. The summed E-state index contributed by atoms with van der Waals surface area (Å²) in [6.07, 6.45) is 8.89. The molecule has 2 fully saturated rings. The van der Waals surface area contributed by atoms with E-state index in [1.165, 1.54) is 16.2 Å². The van der Waals surface area contributed by atoms with Crippen LogP contribution in [-0.2, 0) is 13.0 Å². The zero-order valence-electron chi connectivity index (χ0n) is 21.9. The molecule has 38 heavy (non-hydrogen) atoms. The minimum atomic E-state index is -2.58. The number of nitrogens with one attached hydrogen (secondary N) is 1. The minimum absolute atomic E-state index is 0.0572. The van der Waals surface area contributed by atoms with Gasteiger partial charge in [-0.15, -0.1) is 0 Å². The average Bonchev–Trinajstić information content (AvgIpc) is 3.29. The standard InChI is InChI=1S/C29H36F2N4O2S/c1-3-22-23(6-5-7-24(22)32-4-2)27(36)33-20-10-8-19(9-11-20)12-14-35-15-13-26-25(18-35)34-28(38-26)37-21-16-29(30,31)17-21/h3-7,19-21H,1,8-18H2,2H3,(H,33,36)/b32-4-/t19-,20-. The third-order valence-electron chi connectivity index (χ3n) is 7.94. The normalized spacial score (nSPS) is 23.6. The van der Waals surface area contributed by atoms with Crippen LogP contribution in [-0.4, -0.2) is 53.2 Å². The van der Waals surface area contributed by atoms with E-state index in [4.69, 9.17) is 4.74 Å². The number of benzene rings is 1. The summed E-state index contributed by atoms with van der Waals surface area (Å²) in [5, 5.41) is 3.78. The van der Waals surface area contributed by atoms with Gasteiger partial charge >= 0.3 is 0 Å². The van der Waals surface area contributed by atoms with E-state index in [1.54, 1.807) is 12.3 Å². The largest absolute Gasteiger partial charge is 0.466 e. The molecule has 6 nitrogen and oxygen atoms in total. The number of hydrogen-bond acceptors (Lipinski definition) is 6. The maximum absolute atomic E-state index is 13.1.